The van der Waals surface area contributed by atoms with Crippen LogP contribution in [-0.2, 0) is 9.53 Å². The Kier molecular flexibility index (Phi) is 5.05. The van der Waals surface area contributed by atoms with Crippen LogP contribution in [0.4, 0.5) is 0 Å². The van der Waals surface area contributed by atoms with Crippen molar-refractivity contribution in [2.75, 3.05) is 6.61 Å². The van der Waals surface area contributed by atoms with Gasteiger partial charge in [0.05, 0.1) is 18.9 Å². The van der Waals surface area contributed by atoms with E-state index in [1.807, 2.05) is 26.0 Å². The minimum atomic E-state index is -0.278. The summed E-state index contributed by atoms with van der Waals surface area (Å²) < 4.78 is 10.2. The molecule has 16 heavy (non-hydrogen) atoms. The third-order valence-electron chi connectivity index (χ3n) is 2.40. The van der Waals surface area contributed by atoms with Gasteiger partial charge in [-0.15, -0.1) is 0 Å². The first-order valence-corrected chi connectivity index (χ1v) is 5.65. The molecule has 0 spiro atoms. The molecular weight excluding hydrogens is 206 g/mol. The molecule has 0 aromatic carbocycles. The van der Waals surface area contributed by atoms with Crippen LogP contribution in [0.25, 0.3) is 0 Å². The van der Waals surface area contributed by atoms with E-state index in [9.17, 15) is 4.79 Å². The third-order valence-corrected chi connectivity index (χ3v) is 2.40. The molecule has 0 radical (unpaired) electrons. The molecule has 1 unspecified atom stereocenters. The maximum absolute atomic E-state index is 11.6. The van der Waals surface area contributed by atoms with Crippen LogP contribution < -0.4 is 5.32 Å². The van der Waals surface area contributed by atoms with Gasteiger partial charge < -0.3 is 9.15 Å². The second kappa shape index (κ2) is 6.33. The molecule has 2 atom stereocenters. The SMILES string of the molecule is CCOC(=O)C(CC)N[C@H](C)c1ccco1. The van der Waals surface area contributed by atoms with Gasteiger partial charge in [0.25, 0.3) is 0 Å². The van der Waals surface area contributed by atoms with Crippen LogP contribution >= 0.6 is 0 Å². The van der Waals surface area contributed by atoms with Crippen LogP contribution in [0.15, 0.2) is 22.8 Å². The summed E-state index contributed by atoms with van der Waals surface area (Å²) >= 11 is 0. The topological polar surface area (TPSA) is 51.5 Å². The molecule has 0 aliphatic carbocycles. The van der Waals surface area contributed by atoms with Crippen LogP contribution in [0, 0.1) is 0 Å². The fourth-order valence-corrected chi connectivity index (χ4v) is 1.52. The number of carbonyl (C=O) groups is 1. The summed E-state index contributed by atoms with van der Waals surface area (Å²) in [6.07, 6.45) is 2.32. The maximum atomic E-state index is 11.6. The van der Waals surface area contributed by atoms with Gasteiger partial charge in [-0.25, -0.2) is 0 Å². The minimum absolute atomic E-state index is 0.00403. The van der Waals surface area contributed by atoms with Crippen LogP contribution in [-0.4, -0.2) is 18.6 Å². The summed E-state index contributed by atoms with van der Waals surface area (Å²) in [5.74, 6) is 0.617. The van der Waals surface area contributed by atoms with Gasteiger partial charge in [0.2, 0.25) is 0 Å². The van der Waals surface area contributed by atoms with Crippen molar-refractivity contribution in [3.05, 3.63) is 24.2 Å². The van der Waals surface area contributed by atoms with Crippen molar-refractivity contribution in [3.8, 4) is 0 Å². The molecule has 1 heterocycles. The van der Waals surface area contributed by atoms with Crippen LogP contribution in [0.3, 0.4) is 0 Å². The number of hydrogen-bond acceptors (Lipinski definition) is 4. The molecule has 4 heteroatoms. The Labute approximate surface area is 96.0 Å². The molecule has 0 saturated heterocycles. The van der Waals surface area contributed by atoms with Crippen LogP contribution in [0.5, 0.6) is 0 Å². The summed E-state index contributed by atoms with van der Waals surface area (Å²) in [5, 5.41) is 3.19. The molecular formula is C12H19NO3. The first-order valence-electron chi connectivity index (χ1n) is 5.65. The lowest BCUT2D eigenvalue weighted by atomic mass is 10.1. The molecule has 0 aliphatic heterocycles. The number of hydrogen-bond donors (Lipinski definition) is 1. The molecule has 1 aromatic heterocycles. The summed E-state index contributed by atoms with van der Waals surface area (Å²) in [5.41, 5.74) is 0. The van der Waals surface area contributed by atoms with Gasteiger partial charge in [-0.1, -0.05) is 6.92 Å². The smallest absolute Gasteiger partial charge is 0.323 e. The molecule has 90 valence electrons. The van der Waals surface area contributed by atoms with Crippen molar-refractivity contribution in [2.24, 2.45) is 0 Å². The van der Waals surface area contributed by atoms with Gasteiger partial charge in [0.1, 0.15) is 11.8 Å². The monoisotopic (exact) mass is 225 g/mol. The van der Waals surface area contributed by atoms with E-state index < -0.39 is 0 Å². The normalized spacial score (nSPS) is 14.4. The second-order valence-electron chi connectivity index (χ2n) is 3.62. The highest BCUT2D eigenvalue weighted by Crippen LogP contribution is 2.14. The maximum Gasteiger partial charge on any atom is 0.323 e. The zero-order valence-electron chi connectivity index (χ0n) is 10.0. The van der Waals surface area contributed by atoms with Crippen LogP contribution in [0.1, 0.15) is 39.0 Å². The van der Waals surface area contributed by atoms with Crippen molar-refractivity contribution in [1.82, 2.24) is 5.32 Å². The molecule has 0 fully saturated rings. The molecule has 4 nitrogen and oxygen atoms in total. The standard InChI is InChI=1S/C12H19NO3/c1-4-10(12(14)15-5-2)13-9(3)11-7-6-8-16-11/h6-10,13H,4-5H2,1-3H3/t9-,10?/m1/s1. The Bertz CT molecular complexity index is 308. The van der Waals surface area contributed by atoms with E-state index in [0.29, 0.717) is 13.0 Å². The Balaban J connectivity index is 2.53. The van der Waals surface area contributed by atoms with Gasteiger partial charge in [-0.3, -0.25) is 10.1 Å². The van der Waals surface area contributed by atoms with Gasteiger partial charge in [-0.05, 0) is 32.4 Å². The summed E-state index contributed by atoms with van der Waals surface area (Å²) in [6.45, 7) is 6.12. The van der Waals surface area contributed by atoms with Crippen molar-refractivity contribution in [1.29, 1.82) is 0 Å². The van der Waals surface area contributed by atoms with Gasteiger partial charge >= 0.3 is 5.97 Å². The average Bonchev–Trinajstić information content (AvgIpc) is 2.79. The highest BCUT2D eigenvalue weighted by Gasteiger charge is 2.21. The van der Waals surface area contributed by atoms with Crippen molar-refractivity contribution < 1.29 is 13.9 Å². The molecule has 1 N–H and O–H groups in total. The Morgan fingerprint density at radius 1 is 1.56 bits per heavy atom. The predicted molar refractivity (Wildman–Crippen MR) is 61.0 cm³/mol. The Morgan fingerprint density at radius 3 is 2.81 bits per heavy atom. The number of nitrogens with one attached hydrogen (secondary N) is 1. The van der Waals surface area contributed by atoms with Gasteiger partial charge in [0.15, 0.2) is 0 Å². The lowest BCUT2D eigenvalue weighted by molar-refractivity contribution is -0.146. The zero-order chi connectivity index (χ0) is 12.0. The van der Waals surface area contributed by atoms with E-state index >= 15 is 0 Å². The third kappa shape index (κ3) is 3.38. The summed E-state index contributed by atoms with van der Waals surface area (Å²) in [6, 6.07) is 3.44. The number of carbonyl (C=O) groups excluding carboxylic acids is 1. The first kappa shape index (κ1) is 12.8. The number of ether oxygens (including phenoxy) is 1. The van der Waals surface area contributed by atoms with E-state index in [-0.39, 0.29) is 18.1 Å². The van der Waals surface area contributed by atoms with E-state index in [0.717, 1.165) is 5.76 Å². The number of furan rings is 1. The van der Waals surface area contributed by atoms with Crippen molar-refractivity contribution in [2.45, 2.75) is 39.3 Å². The Morgan fingerprint density at radius 2 is 2.31 bits per heavy atom. The second-order valence-corrected chi connectivity index (χ2v) is 3.62. The summed E-state index contributed by atoms with van der Waals surface area (Å²) in [7, 11) is 0. The van der Waals surface area contributed by atoms with Gasteiger partial charge in [-0.2, -0.15) is 0 Å². The van der Waals surface area contributed by atoms with E-state index in [4.69, 9.17) is 9.15 Å². The van der Waals surface area contributed by atoms with E-state index in [1.165, 1.54) is 0 Å². The molecule has 1 rings (SSSR count). The Hall–Kier alpha value is -1.29. The fourth-order valence-electron chi connectivity index (χ4n) is 1.52. The number of esters is 1. The van der Waals surface area contributed by atoms with E-state index in [2.05, 4.69) is 5.32 Å². The minimum Gasteiger partial charge on any atom is -0.468 e. The fraction of sp³-hybridized carbons (Fsp3) is 0.583. The largest absolute Gasteiger partial charge is 0.468 e. The molecule has 0 amide bonds. The zero-order valence-corrected chi connectivity index (χ0v) is 10.0. The molecule has 1 aromatic rings. The van der Waals surface area contributed by atoms with E-state index in [1.54, 1.807) is 13.2 Å². The lowest BCUT2D eigenvalue weighted by Crippen LogP contribution is -2.38. The highest BCUT2D eigenvalue weighted by molar-refractivity contribution is 5.75. The average molecular weight is 225 g/mol. The summed E-state index contributed by atoms with van der Waals surface area (Å²) in [4.78, 5) is 11.6. The lowest BCUT2D eigenvalue weighted by Gasteiger charge is -2.19. The highest BCUT2D eigenvalue weighted by atomic mass is 16.5. The van der Waals surface area contributed by atoms with Gasteiger partial charge in [0, 0.05) is 0 Å². The molecule has 0 saturated carbocycles. The predicted octanol–water partition coefficient (Wildman–Crippen LogP) is 2.27. The van der Waals surface area contributed by atoms with Crippen molar-refractivity contribution in [3.63, 3.8) is 0 Å². The quantitative estimate of drug-likeness (QED) is 0.754. The molecule has 0 bridgehead atoms. The molecule has 0 aliphatic rings. The first-order chi connectivity index (χ1) is 7.69. The van der Waals surface area contributed by atoms with Crippen LogP contribution in [0.2, 0.25) is 0 Å². The number of rotatable bonds is 6. The van der Waals surface area contributed by atoms with Crippen molar-refractivity contribution >= 4 is 5.97 Å².